The van der Waals surface area contributed by atoms with Gasteiger partial charge in [0, 0.05) is 11.6 Å². The molecule has 4 nitrogen and oxygen atoms in total. The van der Waals surface area contributed by atoms with Crippen molar-refractivity contribution >= 4 is 22.9 Å². The monoisotopic (exact) mass is 330 g/mol. The lowest BCUT2D eigenvalue weighted by Gasteiger charge is -2.10. The van der Waals surface area contributed by atoms with Crippen LogP contribution < -0.4 is 10.1 Å². The van der Waals surface area contributed by atoms with Gasteiger partial charge in [0.2, 0.25) is 0 Å². The molecule has 1 aromatic heterocycles. The first-order chi connectivity index (χ1) is 11.2. The molecule has 0 bridgehead atoms. The Morgan fingerprint density at radius 1 is 1.43 bits per heavy atom. The quantitative estimate of drug-likeness (QED) is 0.745. The van der Waals surface area contributed by atoms with Crippen LogP contribution in [0, 0.1) is 6.92 Å². The lowest BCUT2D eigenvalue weighted by Crippen LogP contribution is -2.11. The second-order valence-electron chi connectivity index (χ2n) is 5.97. The molecule has 0 unspecified atom stereocenters. The van der Waals surface area contributed by atoms with Gasteiger partial charge in [-0.1, -0.05) is 13.3 Å². The summed E-state index contributed by atoms with van der Waals surface area (Å²) in [7, 11) is 0. The average molecular weight is 330 g/mol. The van der Waals surface area contributed by atoms with Gasteiger partial charge < -0.3 is 10.1 Å². The maximum absolute atomic E-state index is 12.3. The van der Waals surface area contributed by atoms with Crippen LogP contribution in [0.3, 0.4) is 0 Å². The Morgan fingerprint density at radius 2 is 2.26 bits per heavy atom. The minimum atomic E-state index is -0.0860. The number of rotatable bonds is 7. The van der Waals surface area contributed by atoms with Crippen LogP contribution in [0.25, 0.3) is 0 Å². The van der Waals surface area contributed by atoms with E-state index in [-0.39, 0.29) is 5.91 Å². The largest absolute Gasteiger partial charge is 0.494 e. The summed E-state index contributed by atoms with van der Waals surface area (Å²) in [6, 6.07) is 5.77. The molecule has 1 heterocycles. The molecule has 0 atom stereocenters. The second-order valence-corrected chi connectivity index (χ2v) is 7.03. The predicted octanol–water partition coefficient (Wildman–Crippen LogP) is 4.76. The van der Waals surface area contributed by atoms with Gasteiger partial charge in [-0.25, -0.2) is 4.98 Å². The number of thiazole rings is 1. The van der Waals surface area contributed by atoms with Crippen LogP contribution in [0.4, 0.5) is 5.69 Å². The average Bonchev–Trinajstić information content (AvgIpc) is 3.27. The van der Waals surface area contributed by atoms with Gasteiger partial charge in [-0.3, -0.25) is 4.79 Å². The lowest BCUT2D eigenvalue weighted by molar-refractivity contribution is 0.103. The van der Waals surface area contributed by atoms with Crippen molar-refractivity contribution in [3.8, 4) is 5.75 Å². The summed E-state index contributed by atoms with van der Waals surface area (Å²) < 4.78 is 5.69. The summed E-state index contributed by atoms with van der Waals surface area (Å²) in [5.74, 6) is 1.35. The molecule has 0 spiro atoms. The van der Waals surface area contributed by atoms with E-state index in [9.17, 15) is 4.79 Å². The van der Waals surface area contributed by atoms with Crippen molar-refractivity contribution in [3.05, 3.63) is 39.8 Å². The SMILES string of the molecule is CCCCOc1ccc(NC(=O)c2cnc(C3CC3)s2)c(C)c1. The van der Waals surface area contributed by atoms with Crippen molar-refractivity contribution in [1.82, 2.24) is 4.98 Å². The van der Waals surface area contributed by atoms with Crippen LogP contribution in [0.1, 0.15) is 58.8 Å². The number of hydrogen-bond acceptors (Lipinski definition) is 4. The van der Waals surface area contributed by atoms with Crippen LogP contribution in [-0.4, -0.2) is 17.5 Å². The third kappa shape index (κ3) is 4.10. The zero-order chi connectivity index (χ0) is 16.2. The van der Waals surface area contributed by atoms with E-state index < -0.39 is 0 Å². The van der Waals surface area contributed by atoms with Crippen LogP contribution in [0.2, 0.25) is 0 Å². The zero-order valence-electron chi connectivity index (χ0n) is 13.6. The molecule has 0 aliphatic heterocycles. The summed E-state index contributed by atoms with van der Waals surface area (Å²) >= 11 is 1.51. The summed E-state index contributed by atoms with van der Waals surface area (Å²) in [5, 5.41) is 4.06. The van der Waals surface area contributed by atoms with E-state index in [1.165, 1.54) is 24.2 Å². The number of ether oxygens (including phenoxy) is 1. The van der Waals surface area contributed by atoms with Gasteiger partial charge in [0.1, 0.15) is 10.6 Å². The number of carbonyl (C=O) groups excluding carboxylic acids is 1. The Labute approximate surface area is 140 Å². The number of aromatic nitrogens is 1. The van der Waals surface area contributed by atoms with Gasteiger partial charge in [0.05, 0.1) is 17.8 Å². The van der Waals surface area contributed by atoms with E-state index in [0.29, 0.717) is 10.8 Å². The molecule has 1 N–H and O–H groups in total. The van der Waals surface area contributed by atoms with Crippen LogP contribution in [-0.2, 0) is 0 Å². The molecule has 5 heteroatoms. The first-order valence-corrected chi connectivity index (χ1v) is 8.99. The van der Waals surface area contributed by atoms with Gasteiger partial charge in [-0.15, -0.1) is 11.3 Å². The zero-order valence-corrected chi connectivity index (χ0v) is 14.4. The van der Waals surface area contributed by atoms with E-state index in [0.717, 1.165) is 41.5 Å². The molecule has 1 aliphatic rings. The van der Waals surface area contributed by atoms with Gasteiger partial charge >= 0.3 is 0 Å². The van der Waals surface area contributed by atoms with Crippen LogP contribution in [0.15, 0.2) is 24.4 Å². The Kier molecular flexibility index (Phi) is 4.96. The highest BCUT2D eigenvalue weighted by Crippen LogP contribution is 2.41. The molecule has 2 aromatic rings. The van der Waals surface area contributed by atoms with Gasteiger partial charge in [-0.05, 0) is 49.9 Å². The molecule has 122 valence electrons. The number of amides is 1. The maximum Gasteiger partial charge on any atom is 0.267 e. The normalized spacial score (nSPS) is 13.8. The standard InChI is InChI=1S/C18H22N2O2S/c1-3-4-9-22-14-7-8-15(12(2)10-14)20-17(21)16-11-19-18(23-16)13-5-6-13/h7-8,10-11,13H,3-6,9H2,1-2H3,(H,20,21). The fraction of sp³-hybridized carbons (Fsp3) is 0.444. The van der Waals surface area contributed by atoms with Crippen molar-refractivity contribution in [2.75, 3.05) is 11.9 Å². The van der Waals surface area contributed by atoms with E-state index in [1.807, 2.05) is 25.1 Å². The smallest absolute Gasteiger partial charge is 0.267 e. The van der Waals surface area contributed by atoms with Crippen LogP contribution in [0.5, 0.6) is 5.75 Å². The fourth-order valence-corrected chi connectivity index (χ4v) is 3.28. The number of aryl methyl sites for hydroxylation is 1. The molecule has 1 saturated carbocycles. The molecule has 23 heavy (non-hydrogen) atoms. The molecule has 0 radical (unpaired) electrons. The van der Waals surface area contributed by atoms with Crippen LogP contribution >= 0.6 is 11.3 Å². The Balaban J connectivity index is 1.63. The highest BCUT2D eigenvalue weighted by molar-refractivity contribution is 7.13. The Bertz CT molecular complexity index is 692. The molecule has 1 aliphatic carbocycles. The minimum Gasteiger partial charge on any atom is -0.494 e. The predicted molar refractivity (Wildman–Crippen MR) is 93.6 cm³/mol. The number of benzene rings is 1. The maximum atomic E-state index is 12.3. The van der Waals surface area contributed by atoms with E-state index in [2.05, 4.69) is 17.2 Å². The van der Waals surface area contributed by atoms with Gasteiger partial charge in [-0.2, -0.15) is 0 Å². The topological polar surface area (TPSA) is 51.2 Å². The first kappa shape index (κ1) is 16.0. The third-order valence-corrected chi connectivity index (χ3v) is 5.05. The fourth-order valence-electron chi connectivity index (χ4n) is 2.30. The Hall–Kier alpha value is -1.88. The number of unbranched alkanes of at least 4 members (excludes halogenated alkanes) is 1. The van der Waals surface area contributed by atoms with Crippen molar-refractivity contribution in [3.63, 3.8) is 0 Å². The lowest BCUT2D eigenvalue weighted by atomic mass is 10.2. The van der Waals surface area contributed by atoms with Crippen molar-refractivity contribution in [2.45, 2.75) is 45.4 Å². The van der Waals surface area contributed by atoms with Gasteiger partial charge in [0.15, 0.2) is 0 Å². The molecular formula is C18H22N2O2S. The van der Waals surface area contributed by atoms with Crippen molar-refractivity contribution < 1.29 is 9.53 Å². The van der Waals surface area contributed by atoms with Crippen molar-refractivity contribution in [1.29, 1.82) is 0 Å². The molecular weight excluding hydrogens is 308 g/mol. The number of hydrogen-bond donors (Lipinski definition) is 1. The molecule has 1 aromatic carbocycles. The number of anilines is 1. The summed E-state index contributed by atoms with van der Waals surface area (Å²) in [4.78, 5) is 17.4. The third-order valence-electron chi connectivity index (χ3n) is 3.89. The highest BCUT2D eigenvalue weighted by atomic mass is 32.1. The highest BCUT2D eigenvalue weighted by Gasteiger charge is 2.27. The number of nitrogens with one attached hydrogen (secondary N) is 1. The van der Waals surface area contributed by atoms with E-state index in [4.69, 9.17) is 4.74 Å². The van der Waals surface area contributed by atoms with Gasteiger partial charge in [0.25, 0.3) is 5.91 Å². The second kappa shape index (κ2) is 7.13. The number of carbonyl (C=O) groups is 1. The Morgan fingerprint density at radius 3 is 2.96 bits per heavy atom. The summed E-state index contributed by atoms with van der Waals surface area (Å²) in [6.07, 6.45) is 6.25. The number of nitrogens with zero attached hydrogens (tertiary/aromatic N) is 1. The minimum absolute atomic E-state index is 0.0860. The first-order valence-electron chi connectivity index (χ1n) is 8.18. The van der Waals surface area contributed by atoms with E-state index in [1.54, 1.807) is 6.20 Å². The molecule has 1 amide bonds. The summed E-state index contributed by atoms with van der Waals surface area (Å²) in [6.45, 7) is 4.85. The molecule has 1 fully saturated rings. The summed E-state index contributed by atoms with van der Waals surface area (Å²) in [5.41, 5.74) is 1.82. The van der Waals surface area contributed by atoms with E-state index >= 15 is 0 Å². The molecule has 0 saturated heterocycles. The van der Waals surface area contributed by atoms with Crippen molar-refractivity contribution in [2.24, 2.45) is 0 Å². The molecule has 3 rings (SSSR count).